The standard InChI is InChI=1S/C16H17NO3/c1-11-5-4-8-17(10-11)15(18)13-9-12-6-2-3-7-14(12)20-16(13)19/h2-3,6-7,9,11H,4-5,8,10H2,1H3. The molecular weight excluding hydrogens is 254 g/mol. The molecule has 104 valence electrons. The van der Waals surface area contributed by atoms with Crippen molar-refractivity contribution in [3.63, 3.8) is 0 Å². The number of piperidine rings is 1. The van der Waals surface area contributed by atoms with Gasteiger partial charge >= 0.3 is 5.63 Å². The molecule has 1 unspecified atom stereocenters. The lowest BCUT2D eigenvalue weighted by Gasteiger charge is -2.30. The van der Waals surface area contributed by atoms with Crippen molar-refractivity contribution < 1.29 is 9.21 Å². The van der Waals surface area contributed by atoms with Crippen molar-refractivity contribution in [3.05, 3.63) is 46.3 Å². The van der Waals surface area contributed by atoms with Crippen LogP contribution < -0.4 is 5.63 Å². The quantitative estimate of drug-likeness (QED) is 0.749. The summed E-state index contributed by atoms with van der Waals surface area (Å²) in [5, 5.41) is 0.778. The molecule has 1 aliphatic heterocycles. The van der Waals surface area contributed by atoms with Crippen LogP contribution in [-0.2, 0) is 0 Å². The van der Waals surface area contributed by atoms with Gasteiger partial charge in [-0.1, -0.05) is 25.1 Å². The van der Waals surface area contributed by atoms with Crippen molar-refractivity contribution in [1.82, 2.24) is 4.90 Å². The number of carbonyl (C=O) groups is 1. The van der Waals surface area contributed by atoms with Crippen molar-refractivity contribution in [2.45, 2.75) is 19.8 Å². The van der Waals surface area contributed by atoms with E-state index in [1.54, 1.807) is 23.1 Å². The molecule has 1 aromatic carbocycles. The Bertz CT molecular complexity index is 704. The average Bonchev–Trinajstić information content (AvgIpc) is 2.46. The van der Waals surface area contributed by atoms with Crippen LogP contribution in [-0.4, -0.2) is 23.9 Å². The van der Waals surface area contributed by atoms with Gasteiger partial charge in [0.25, 0.3) is 5.91 Å². The third-order valence-corrected chi connectivity index (χ3v) is 3.82. The predicted octanol–water partition coefficient (Wildman–Crippen LogP) is 2.67. The monoisotopic (exact) mass is 271 g/mol. The van der Waals surface area contributed by atoms with E-state index in [1.807, 2.05) is 12.1 Å². The van der Waals surface area contributed by atoms with E-state index in [9.17, 15) is 9.59 Å². The highest BCUT2D eigenvalue weighted by molar-refractivity contribution is 5.96. The zero-order chi connectivity index (χ0) is 14.1. The highest BCUT2D eigenvalue weighted by Crippen LogP contribution is 2.19. The Hall–Kier alpha value is -2.10. The fourth-order valence-corrected chi connectivity index (χ4v) is 2.76. The lowest BCUT2D eigenvalue weighted by atomic mass is 9.99. The molecule has 1 aliphatic rings. The van der Waals surface area contributed by atoms with Gasteiger partial charge in [-0.05, 0) is 30.9 Å². The van der Waals surface area contributed by atoms with E-state index in [4.69, 9.17) is 4.42 Å². The summed E-state index contributed by atoms with van der Waals surface area (Å²) in [7, 11) is 0. The highest BCUT2D eigenvalue weighted by atomic mass is 16.4. The van der Waals surface area contributed by atoms with Crippen LogP contribution in [0.5, 0.6) is 0 Å². The molecule has 1 atom stereocenters. The number of hydrogen-bond acceptors (Lipinski definition) is 3. The minimum absolute atomic E-state index is 0.137. The van der Waals surface area contributed by atoms with E-state index in [0.29, 0.717) is 18.0 Å². The molecule has 0 N–H and O–H groups in total. The summed E-state index contributed by atoms with van der Waals surface area (Å²) in [4.78, 5) is 26.2. The van der Waals surface area contributed by atoms with Crippen LogP contribution >= 0.6 is 0 Å². The molecule has 0 bridgehead atoms. The molecule has 1 saturated heterocycles. The lowest BCUT2D eigenvalue weighted by Crippen LogP contribution is -2.40. The predicted molar refractivity (Wildman–Crippen MR) is 76.8 cm³/mol. The number of benzene rings is 1. The van der Waals surface area contributed by atoms with Crippen molar-refractivity contribution >= 4 is 16.9 Å². The van der Waals surface area contributed by atoms with E-state index in [1.165, 1.54) is 0 Å². The molecule has 1 amide bonds. The van der Waals surface area contributed by atoms with Gasteiger partial charge in [0.05, 0.1) is 0 Å². The zero-order valence-corrected chi connectivity index (χ0v) is 11.5. The summed E-state index contributed by atoms with van der Waals surface area (Å²) in [5.74, 6) is 0.274. The fourth-order valence-electron chi connectivity index (χ4n) is 2.76. The second-order valence-corrected chi connectivity index (χ2v) is 5.48. The molecule has 20 heavy (non-hydrogen) atoms. The summed E-state index contributed by atoms with van der Waals surface area (Å²) in [6.07, 6.45) is 2.13. The summed E-state index contributed by atoms with van der Waals surface area (Å²) in [5.41, 5.74) is 0.103. The number of rotatable bonds is 1. The molecule has 4 heteroatoms. The van der Waals surface area contributed by atoms with Crippen LogP contribution in [0.1, 0.15) is 30.1 Å². The van der Waals surface area contributed by atoms with Gasteiger partial charge < -0.3 is 9.32 Å². The molecular formula is C16H17NO3. The van der Waals surface area contributed by atoms with E-state index in [-0.39, 0.29) is 11.5 Å². The van der Waals surface area contributed by atoms with Crippen LogP contribution in [0, 0.1) is 5.92 Å². The van der Waals surface area contributed by atoms with Crippen molar-refractivity contribution in [2.24, 2.45) is 5.92 Å². The van der Waals surface area contributed by atoms with Gasteiger partial charge in [-0.25, -0.2) is 4.79 Å². The first-order valence-electron chi connectivity index (χ1n) is 6.97. The van der Waals surface area contributed by atoms with E-state index >= 15 is 0 Å². The van der Waals surface area contributed by atoms with Gasteiger partial charge in [-0.2, -0.15) is 0 Å². The first kappa shape index (κ1) is 12.9. The topological polar surface area (TPSA) is 50.5 Å². The molecule has 4 nitrogen and oxygen atoms in total. The zero-order valence-electron chi connectivity index (χ0n) is 11.5. The maximum atomic E-state index is 12.5. The maximum absolute atomic E-state index is 12.5. The molecule has 2 heterocycles. The Balaban J connectivity index is 1.98. The van der Waals surface area contributed by atoms with Crippen molar-refractivity contribution in [3.8, 4) is 0 Å². The second-order valence-electron chi connectivity index (χ2n) is 5.48. The maximum Gasteiger partial charge on any atom is 0.349 e. The molecule has 0 radical (unpaired) electrons. The highest BCUT2D eigenvalue weighted by Gasteiger charge is 2.24. The summed E-state index contributed by atoms with van der Waals surface area (Å²) >= 11 is 0. The largest absolute Gasteiger partial charge is 0.422 e. The Morgan fingerprint density at radius 3 is 2.95 bits per heavy atom. The number of likely N-dealkylation sites (tertiary alicyclic amines) is 1. The fraction of sp³-hybridized carbons (Fsp3) is 0.375. The van der Waals surface area contributed by atoms with Gasteiger partial charge in [0.2, 0.25) is 0 Å². The molecule has 0 aliphatic carbocycles. The van der Waals surface area contributed by atoms with E-state index in [0.717, 1.165) is 24.8 Å². The SMILES string of the molecule is CC1CCCN(C(=O)c2cc3ccccc3oc2=O)C1. The molecule has 0 saturated carbocycles. The van der Waals surface area contributed by atoms with Gasteiger partial charge in [0.15, 0.2) is 0 Å². The summed E-state index contributed by atoms with van der Waals surface area (Å²) in [6.45, 7) is 3.56. The third-order valence-electron chi connectivity index (χ3n) is 3.82. The van der Waals surface area contributed by atoms with Crippen LogP contribution in [0.3, 0.4) is 0 Å². The van der Waals surface area contributed by atoms with Crippen molar-refractivity contribution in [1.29, 1.82) is 0 Å². The lowest BCUT2D eigenvalue weighted by molar-refractivity contribution is 0.0679. The summed E-state index contributed by atoms with van der Waals surface area (Å²) in [6, 6.07) is 8.88. The normalized spacial score (nSPS) is 19.2. The number of nitrogens with zero attached hydrogens (tertiary/aromatic N) is 1. The van der Waals surface area contributed by atoms with E-state index in [2.05, 4.69) is 6.92 Å². The van der Waals surface area contributed by atoms with Gasteiger partial charge in [0, 0.05) is 18.5 Å². The first-order valence-corrected chi connectivity index (χ1v) is 6.97. The minimum Gasteiger partial charge on any atom is -0.422 e. The molecule has 1 fully saturated rings. The van der Waals surface area contributed by atoms with Crippen molar-refractivity contribution in [2.75, 3.05) is 13.1 Å². The number of hydrogen-bond donors (Lipinski definition) is 0. The van der Waals surface area contributed by atoms with Crippen LogP contribution in [0.4, 0.5) is 0 Å². The Kier molecular flexibility index (Phi) is 3.30. The molecule has 2 aromatic rings. The number of para-hydroxylation sites is 1. The van der Waals surface area contributed by atoms with Crippen LogP contribution in [0.2, 0.25) is 0 Å². The van der Waals surface area contributed by atoms with E-state index < -0.39 is 5.63 Å². The molecule has 0 spiro atoms. The summed E-state index contributed by atoms with van der Waals surface area (Å²) < 4.78 is 5.23. The van der Waals surface area contributed by atoms with Gasteiger partial charge in [0.1, 0.15) is 11.1 Å². The molecule has 1 aromatic heterocycles. The molecule has 3 rings (SSSR count). The Labute approximate surface area is 117 Å². The minimum atomic E-state index is -0.549. The average molecular weight is 271 g/mol. The number of fused-ring (bicyclic) bond motifs is 1. The second kappa shape index (κ2) is 5.12. The Morgan fingerprint density at radius 2 is 2.15 bits per heavy atom. The van der Waals surface area contributed by atoms with Gasteiger partial charge in [-0.15, -0.1) is 0 Å². The number of amides is 1. The third kappa shape index (κ3) is 2.33. The van der Waals surface area contributed by atoms with Crippen LogP contribution in [0.15, 0.2) is 39.5 Å². The number of carbonyl (C=O) groups excluding carboxylic acids is 1. The first-order chi connectivity index (χ1) is 9.65. The Morgan fingerprint density at radius 1 is 1.35 bits per heavy atom. The van der Waals surface area contributed by atoms with Crippen LogP contribution in [0.25, 0.3) is 11.0 Å². The smallest absolute Gasteiger partial charge is 0.349 e. The van der Waals surface area contributed by atoms with Gasteiger partial charge in [-0.3, -0.25) is 4.79 Å².